The van der Waals surface area contributed by atoms with Crippen molar-refractivity contribution in [2.75, 3.05) is 7.05 Å². The van der Waals surface area contributed by atoms with Crippen molar-refractivity contribution >= 4 is 11.6 Å². The number of hydrogen-bond donors (Lipinski definition) is 0. The predicted molar refractivity (Wildman–Crippen MR) is 61.8 cm³/mol. The molecule has 1 unspecified atom stereocenters. The third kappa shape index (κ3) is 2.43. The topological polar surface area (TPSA) is 3.24 Å². The molecule has 0 aromatic rings. The van der Waals surface area contributed by atoms with Crippen LogP contribution < -0.4 is 0 Å². The van der Waals surface area contributed by atoms with Crippen LogP contribution in [0.1, 0.15) is 13.3 Å². The van der Waals surface area contributed by atoms with Crippen molar-refractivity contribution in [2.45, 2.75) is 18.7 Å². The number of rotatable bonds is 2. The van der Waals surface area contributed by atoms with Crippen LogP contribution in [0.3, 0.4) is 0 Å². The second-order valence-corrected chi connectivity index (χ2v) is 3.85. The van der Waals surface area contributed by atoms with Crippen molar-refractivity contribution in [1.82, 2.24) is 4.90 Å². The molecule has 1 aliphatic carbocycles. The highest BCUT2D eigenvalue weighted by Gasteiger charge is 2.12. The summed E-state index contributed by atoms with van der Waals surface area (Å²) in [5.74, 6) is 0. The van der Waals surface area contributed by atoms with E-state index in [1.807, 2.05) is 32.2 Å². The number of alkyl halides is 1. The van der Waals surface area contributed by atoms with Gasteiger partial charge < -0.3 is 4.90 Å². The van der Waals surface area contributed by atoms with Crippen molar-refractivity contribution in [3.05, 3.63) is 35.6 Å². The first-order valence-electron chi connectivity index (χ1n) is 4.57. The maximum absolute atomic E-state index is 6.09. The molecule has 1 nitrogen and oxygen atoms in total. The van der Waals surface area contributed by atoms with Gasteiger partial charge in [-0.1, -0.05) is 30.7 Å². The van der Waals surface area contributed by atoms with Crippen LogP contribution in [0, 0.1) is 12.5 Å². The van der Waals surface area contributed by atoms with Crippen molar-refractivity contribution in [1.29, 1.82) is 0 Å². The quantitative estimate of drug-likeness (QED) is 0.382. The van der Waals surface area contributed by atoms with Gasteiger partial charge in [-0.15, -0.1) is 11.6 Å². The van der Waals surface area contributed by atoms with Crippen LogP contribution in [0.2, 0.25) is 0 Å². The first kappa shape index (κ1) is 10.9. The van der Waals surface area contributed by atoms with Crippen LogP contribution in [-0.4, -0.2) is 17.3 Å². The summed E-state index contributed by atoms with van der Waals surface area (Å²) < 4.78 is 0. The highest BCUT2D eigenvalue weighted by atomic mass is 35.5. The lowest BCUT2D eigenvalue weighted by atomic mass is 10.1. The van der Waals surface area contributed by atoms with Gasteiger partial charge in [0.15, 0.2) is 0 Å². The highest BCUT2D eigenvalue weighted by Crippen LogP contribution is 2.22. The smallest absolute Gasteiger partial charge is 0.0574 e. The van der Waals surface area contributed by atoms with Gasteiger partial charge in [0.2, 0.25) is 0 Å². The monoisotopic (exact) mass is 207 g/mol. The number of allylic oxidation sites excluding steroid dienone is 5. The van der Waals surface area contributed by atoms with Crippen LogP contribution in [-0.2, 0) is 0 Å². The van der Waals surface area contributed by atoms with Gasteiger partial charge in [-0.2, -0.15) is 0 Å². The van der Waals surface area contributed by atoms with Crippen LogP contribution in [0.15, 0.2) is 35.6 Å². The van der Waals surface area contributed by atoms with Gasteiger partial charge in [0.1, 0.15) is 0 Å². The van der Waals surface area contributed by atoms with E-state index in [0.717, 1.165) is 17.7 Å². The van der Waals surface area contributed by atoms with Crippen LogP contribution in [0.5, 0.6) is 0 Å². The second-order valence-electron chi connectivity index (χ2n) is 3.20. The molecule has 0 radical (unpaired) electrons. The Bertz CT molecular complexity index is 329. The molecule has 1 aliphatic rings. The molecule has 0 aliphatic heterocycles. The molecule has 74 valence electrons. The summed E-state index contributed by atoms with van der Waals surface area (Å²) in [5, 5.41) is -0.0167. The lowest BCUT2D eigenvalue weighted by molar-refractivity contribution is 0.577. The summed E-state index contributed by atoms with van der Waals surface area (Å²) >= 11 is 6.09. The molecule has 2 heteroatoms. The summed E-state index contributed by atoms with van der Waals surface area (Å²) in [5.41, 5.74) is 2.19. The number of hydrogen-bond acceptors (Lipinski definition) is 1. The second kappa shape index (κ2) is 4.93. The highest BCUT2D eigenvalue weighted by molar-refractivity contribution is 6.22. The molecule has 0 bridgehead atoms. The van der Waals surface area contributed by atoms with Crippen molar-refractivity contribution in [2.24, 2.45) is 0 Å². The standard InChI is InChI=1S/C12H14ClN/c1-4-14(3)12-9-7-5-6-8-11(12)10(2)13/h1,5-8,10H,9H2,2-3H3. The maximum Gasteiger partial charge on any atom is 0.0574 e. The summed E-state index contributed by atoms with van der Waals surface area (Å²) in [6, 6.07) is 2.60. The third-order valence-corrected chi connectivity index (χ3v) is 2.43. The van der Waals surface area contributed by atoms with Gasteiger partial charge in [-0.05, 0) is 12.5 Å². The lowest BCUT2D eigenvalue weighted by Crippen LogP contribution is -2.14. The molecular formula is C12H14ClN. The van der Waals surface area contributed by atoms with E-state index < -0.39 is 0 Å². The Morgan fingerprint density at radius 3 is 2.86 bits per heavy atom. The molecule has 1 rings (SSSR count). The van der Waals surface area contributed by atoms with Gasteiger partial charge >= 0.3 is 0 Å². The lowest BCUT2D eigenvalue weighted by Gasteiger charge is -2.19. The van der Waals surface area contributed by atoms with Crippen molar-refractivity contribution < 1.29 is 0 Å². The Morgan fingerprint density at radius 2 is 2.29 bits per heavy atom. The summed E-state index contributed by atoms with van der Waals surface area (Å²) in [6.07, 6.45) is 14.3. The average Bonchev–Trinajstić information content (AvgIpc) is 2.41. The van der Waals surface area contributed by atoms with Gasteiger partial charge in [0, 0.05) is 25.2 Å². The first-order chi connectivity index (χ1) is 6.66. The third-order valence-electron chi connectivity index (χ3n) is 2.19. The molecule has 1 atom stereocenters. The van der Waals surface area contributed by atoms with Gasteiger partial charge in [-0.25, -0.2) is 0 Å². The Labute approximate surface area is 90.7 Å². The zero-order chi connectivity index (χ0) is 10.6. The summed E-state index contributed by atoms with van der Waals surface area (Å²) in [6.45, 7) is 1.96. The minimum atomic E-state index is -0.0167. The molecule has 0 amide bonds. The molecule has 0 aromatic heterocycles. The fraction of sp³-hybridized carbons (Fsp3) is 0.333. The minimum Gasteiger partial charge on any atom is -0.308 e. The van der Waals surface area contributed by atoms with Crippen LogP contribution in [0.25, 0.3) is 0 Å². The van der Waals surface area contributed by atoms with Gasteiger partial charge in [0.25, 0.3) is 0 Å². The Kier molecular flexibility index (Phi) is 3.85. The van der Waals surface area contributed by atoms with Crippen molar-refractivity contribution in [3.63, 3.8) is 0 Å². The normalized spacial score (nSPS) is 17.6. The Balaban J connectivity index is 3.09. The molecular weight excluding hydrogens is 194 g/mol. The SMILES string of the molecule is C#CN(C)C1=C(C(C)Cl)C=CC=CC1. The molecule has 0 N–H and O–H groups in total. The zero-order valence-electron chi connectivity index (χ0n) is 8.50. The molecule has 0 fully saturated rings. The number of halogens is 1. The molecule has 0 saturated carbocycles. The summed E-state index contributed by atoms with van der Waals surface area (Å²) in [7, 11) is 1.88. The maximum atomic E-state index is 6.09. The molecule has 0 aromatic carbocycles. The van der Waals surface area contributed by atoms with Gasteiger partial charge in [-0.3, -0.25) is 0 Å². The van der Waals surface area contributed by atoms with E-state index in [0.29, 0.717) is 0 Å². The van der Waals surface area contributed by atoms with E-state index in [9.17, 15) is 0 Å². The van der Waals surface area contributed by atoms with E-state index in [1.165, 1.54) is 0 Å². The van der Waals surface area contributed by atoms with E-state index in [-0.39, 0.29) is 5.38 Å². The molecule has 0 spiro atoms. The molecule has 0 saturated heterocycles. The van der Waals surface area contributed by atoms with E-state index in [4.69, 9.17) is 18.0 Å². The fourth-order valence-electron chi connectivity index (χ4n) is 1.40. The number of nitrogens with zero attached hydrogens (tertiary/aromatic N) is 1. The van der Waals surface area contributed by atoms with E-state index >= 15 is 0 Å². The first-order valence-corrected chi connectivity index (χ1v) is 5.00. The largest absolute Gasteiger partial charge is 0.308 e. The van der Waals surface area contributed by atoms with E-state index in [2.05, 4.69) is 12.1 Å². The van der Waals surface area contributed by atoms with Crippen molar-refractivity contribution in [3.8, 4) is 12.5 Å². The average molecular weight is 208 g/mol. The molecule has 14 heavy (non-hydrogen) atoms. The molecule has 0 heterocycles. The Hall–Kier alpha value is -1.13. The number of terminal acetylenes is 1. The van der Waals surface area contributed by atoms with Crippen LogP contribution in [0.4, 0.5) is 0 Å². The predicted octanol–water partition coefficient (Wildman–Crippen LogP) is 2.91. The van der Waals surface area contributed by atoms with Gasteiger partial charge in [0.05, 0.1) is 5.38 Å². The Morgan fingerprint density at radius 1 is 1.57 bits per heavy atom. The zero-order valence-corrected chi connectivity index (χ0v) is 9.25. The minimum absolute atomic E-state index is 0.0167. The van der Waals surface area contributed by atoms with E-state index in [1.54, 1.807) is 4.90 Å². The van der Waals surface area contributed by atoms with Crippen LogP contribution >= 0.6 is 11.6 Å². The fourth-order valence-corrected chi connectivity index (χ4v) is 1.60. The summed E-state index contributed by atoms with van der Waals surface area (Å²) in [4.78, 5) is 1.79.